The fraction of sp³-hybridized carbons (Fsp3) is 0.462. The van der Waals surface area contributed by atoms with Gasteiger partial charge in [-0.2, -0.15) is 0 Å². The normalized spacial score (nSPS) is 24.8. The van der Waals surface area contributed by atoms with Crippen LogP contribution in [0.3, 0.4) is 0 Å². The van der Waals surface area contributed by atoms with Gasteiger partial charge in [0.1, 0.15) is 5.75 Å². The number of benzene rings is 1. The summed E-state index contributed by atoms with van der Waals surface area (Å²) in [5, 5.41) is 6.21. The predicted octanol–water partition coefficient (Wildman–Crippen LogP) is 1.81. The molecule has 4 N–H and O–H groups in total. The minimum atomic E-state index is -0.129. The smallest absolute Gasteiger partial charge is 0.262 e. The van der Waals surface area contributed by atoms with E-state index in [0.717, 1.165) is 11.6 Å². The van der Waals surface area contributed by atoms with Gasteiger partial charge in [-0.25, -0.2) is 0 Å². The van der Waals surface area contributed by atoms with Crippen molar-refractivity contribution in [2.45, 2.75) is 25.8 Å². The molecule has 0 bridgehead atoms. The van der Waals surface area contributed by atoms with Gasteiger partial charge in [0.05, 0.1) is 17.1 Å². The van der Waals surface area contributed by atoms with Crippen LogP contribution in [0, 0.1) is 5.92 Å². The van der Waals surface area contributed by atoms with E-state index in [0.29, 0.717) is 23.2 Å². The van der Waals surface area contributed by atoms with Crippen molar-refractivity contribution in [3.63, 3.8) is 0 Å². The van der Waals surface area contributed by atoms with Gasteiger partial charge in [-0.05, 0) is 18.4 Å². The van der Waals surface area contributed by atoms with Crippen LogP contribution in [0.4, 0.5) is 17.1 Å². The highest BCUT2D eigenvalue weighted by molar-refractivity contribution is 5.97. The molecule has 5 heteroatoms. The fourth-order valence-electron chi connectivity index (χ4n) is 2.34. The number of carbonyl (C=O) groups is 1. The molecule has 1 aliphatic heterocycles. The van der Waals surface area contributed by atoms with Crippen molar-refractivity contribution in [3.8, 4) is 5.75 Å². The third-order valence-corrected chi connectivity index (χ3v) is 3.57. The summed E-state index contributed by atoms with van der Waals surface area (Å²) in [6, 6.07) is 4.13. The van der Waals surface area contributed by atoms with Gasteiger partial charge in [0.15, 0.2) is 6.61 Å². The van der Waals surface area contributed by atoms with E-state index < -0.39 is 0 Å². The van der Waals surface area contributed by atoms with Gasteiger partial charge in [0.25, 0.3) is 5.91 Å². The first-order valence-corrected chi connectivity index (χ1v) is 6.30. The SMILES string of the molecule is CCC1CC1Nc1cc2c(cc1N)OCC(=O)N2. The van der Waals surface area contributed by atoms with Crippen LogP contribution < -0.4 is 21.1 Å². The summed E-state index contributed by atoms with van der Waals surface area (Å²) >= 11 is 0. The van der Waals surface area contributed by atoms with E-state index in [2.05, 4.69) is 17.6 Å². The van der Waals surface area contributed by atoms with Gasteiger partial charge >= 0.3 is 0 Å². The number of nitrogens with two attached hydrogens (primary N) is 1. The number of carbonyl (C=O) groups excluding carboxylic acids is 1. The lowest BCUT2D eigenvalue weighted by molar-refractivity contribution is -0.118. The lowest BCUT2D eigenvalue weighted by atomic mass is 10.2. The minimum Gasteiger partial charge on any atom is -0.482 e. The number of amides is 1. The van der Waals surface area contributed by atoms with Gasteiger partial charge < -0.3 is 21.1 Å². The highest BCUT2D eigenvalue weighted by Crippen LogP contribution is 2.40. The maximum absolute atomic E-state index is 11.3. The number of nitrogens with one attached hydrogen (secondary N) is 2. The molecule has 18 heavy (non-hydrogen) atoms. The van der Waals surface area contributed by atoms with Crippen molar-refractivity contribution in [3.05, 3.63) is 12.1 Å². The van der Waals surface area contributed by atoms with Crippen LogP contribution in [0.2, 0.25) is 0 Å². The second kappa shape index (κ2) is 4.08. The van der Waals surface area contributed by atoms with Crippen LogP contribution in [0.25, 0.3) is 0 Å². The summed E-state index contributed by atoms with van der Waals surface area (Å²) in [7, 11) is 0. The average Bonchev–Trinajstić information content (AvgIpc) is 3.09. The molecule has 0 saturated heterocycles. The molecule has 5 nitrogen and oxygen atoms in total. The summed E-state index contributed by atoms with van der Waals surface area (Å²) in [6.45, 7) is 2.25. The quantitative estimate of drug-likeness (QED) is 0.712. The zero-order valence-electron chi connectivity index (χ0n) is 10.3. The molecule has 1 aromatic carbocycles. The van der Waals surface area contributed by atoms with E-state index in [9.17, 15) is 4.79 Å². The first kappa shape index (κ1) is 11.2. The first-order valence-electron chi connectivity index (χ1n) is 6.30. The van der Waals surface area contributed by atoms with Gasteiger partial charge in [0, 0.05) is 12.1 Å². The Morgan fingerprint density at radius 2 is 2.39 bits per heavy atom. The molecule has 1 amide bonds. The molecule has 0 aromatic heterocycles. The van der Waals surface area contributed by atoms with E-state index >= 15 is 0 Å². The lowest BCUT2D eigenvalue weighted by Gasteiger charge is -2.20. The highest BCUT2D eigenvalue weighted by atomic mass is 16.5. The topological polar surface area (TPSA) is 76.4 Å². The maximum Gasteiger partial charge on any atom is 0.262 e. The standard InChI is InChI=1S/C13H17N3O2/c1-2-7-3-9(7)15-10-5-11-12(4-8(10)14)18-6-13(17)16-11/h4-5,7,9,15H,2-3,6,14H2,1H3,(H,16,17). The lowest BCUT2D eigenvalue weighted by Crippen LogP contribution is -2.25. The van der Waals surface area contributed by atoms with Crippen LogP contribution in [0.15, 0.2) is 12.1 Å². The second-order valence-electron chi connectivity index (χ2n) is 4.93. The molecular formula is C13H17N3O2. The third-order valence-electron chi connectivity index (χ3n) is 3.57. The van der Waals surface area contributed by atoms with Gasteiger partial charge in [-0.3, -0.25) is 4.79 Å². The summed E-state index contributed by atoms with van der Waals surface area (Å²) in [5.41, 5.74) is 8.21. The van der Waals surface area contributed by atoms with Crippen molar-refractivity contribution in [2.24, 2.45) is 5.92 Å². The molecule has 1 heterocycles. The van der Waals surface area contributed by atoms with Crippen molar-refractivity contribution in [1.29, 1.82) is 0 Å². The zero-order chi connectivity index (χ0) is 12.7. The maximum atomic E-state index is 11.3. The highest BCUT2D eigenvalue weighted by Gasteiger charge is 2.35. The number of fused-ring (bicyclic) bond motifs is 1. The molecular weight excluding hydrogens is 230 g/mol. The van der Waals surface area contributed by atoms with Crippen LogP contribution in [0.1, 0.15) is 19.8 Å². The molecule has 0 radical (unpaired) electrons. The Morgan fingerprint density at radius 3 is 3.11 bits per heavy atom. The summed E-state index contributed by atoms with van der Waals surface area (Å²) in [5.74, 6) is 1.25. The van der Waals surface area contributed by atoms with E-state index in [1.54, 1.807) is 6.07 Å². The largest absolute Gasteiger partial charge is 0.482 e. The molecule has 96 valence electrons. The van der Waals surface area contributed by atoms with E-state index in [-0.39, 0.29) is 12.5 Å². The summed E-state index contributed by atoms with van der Waals surface area (Å²) in [4.78, 5) is 11.3. The van der Waals surface area contributed by atoms with Crippen LogP contribution in [0.5, 0.6) is 5.75 Å². The van der Waals surface area contributed by atoms with E-state index in [4.69, 9.17) is 10.5 Å². The molecule has 2 unspecified atom stereocenters. The predicted molar refractivity (Wildman–Crippen MR) is 70.8 cm³/mol. The van der Waals surface area contributed by atoms with E-state index in [1.165, 1.54) is 12.8 Å². The van der Waals surface area contributed by atoms with E-state index in [1.807, 2.05) is 6.07 Å². The zero-order valence-corrected chi connectivity index (χ0v) is 10.3. The monoisotopic (exact) mass is 247 g/mol. The number of nitrogen functional groups attached to an aromatic ring is 1. The number of hydrogen-bond acceptors (Lipinski definition) is 4. The molecule has 1 saturated carbocycles. The van der Waals surface area contributed by atoms with Crippen LogP contribution in [-0.2, 0) is 4.79 Å². The third kappa shape index (κ3) is 1.96. The molecule has 1 aromatic rings. The number of hydrogen-bond donors (Lipinski definition) is 3. The van der Waals surface area contributed by atoms with Gasteiger partial charge in [-0.1, -0.05) is 13.3 Å². The van der Waals surface area contributed by atoms with Crippen molar-refractivity contribution in [2.75, 3.05) is 23.0 Å². The average molecular weight is 247 g/mol. The molecule has 1 fully saturated rings. The number of ether oxygens (including phenoxy) is 1. The Bertz CT molecular complexity index is 501. The Hall–Kier alpha value is -1.91. The second-order valence-corrected chi connectivity index (χ2v) is 4.93. The Labute approximate surface area is 106 Å². The first-order chi connectivity index (χ1) is 8.67. The van der Waals surface area contributed by atoms with Gasteiger partial charge in [0.2, 0.25) is 0 Å². The Morgan fingerprint density at radius 1 is 1.56 bits per heavy atom. The molecule has 3 rings (SSSR count). The minimum absolute atomic E-state index is 0.0553. The molecule has 2 aliphatic rings. The fourth-order valence-corrected chi connectivity index (χ4v) is 2.34. The van der Waals surface area contributed by atoms with Crippen LogP contribution >= 0.6 is 0 Å². The van der Waals surface area contributed by atoms with Crippen molar-refractivity contribution >= 4 is 23.0 Å². The molecule has 1 aliphatic carbocycles. The van der Waals surface area contributed by atoms with Gasteiger partial charge in [-0.15, -0.1) is 0 Å². The number of anilines is 3. The Kier molecular flexibility index (Phi) is 2.54. The Balaban J connectivity index is 1.82. The molecule has 2 atom stereocenters. The van der Waals surface area contributed by atoms with Crippen molar-refractivity contribution in [1.82, 2.24) is 0 Å². The molecule has 0 spiro atoms. The summed E-state index contributed by atoms with van der Waals surface area (Å²) in [6.07, 6.45) is 2.37. The summed E-state index contributed by atoms with van der Waals surface area (Å²) < 4.78 is 5.31. The van der Waals surface area contributed by atoms with Crippen LogP contribution in [-0.4, -0.2) is 18.6 Å². The van der Waals surface area contributed by atoms with Crippen molar-refractivity contribution < 1.29 is 9.53 Å². The number of rotatable bonds is 3.